The van der Waals surface area contributed by atoms with Crippen LogP contribution in [0.4, 0.5) is 0 Å². The topological polar surface area (TPSA) is 74.8 Å². The Bertz CT molecular complexity index is 460. The van der Waals surface area contributed by atoms with Gasteiger partial charge in [0.05, 0.1) is 18.1 Å². The van der Waals surface area contributed by atoms with E-state index in [1.165, 1.54) is 4.90 Å². The minimum absolute atomic E-state index is 0.0576. The van der Waals surface area contributed by atoms with Crippen molar-refractivity contribution < 1.29 is 18.0 Å². The lowest BCUT2D eigenvalue weighted by molar-refractivity contribution is -0.149. The lowest BCUT2D eigenvalue weighted by Gasteiger charge is -2.36. The van der Waals surface area contributed by atoms with Crippen LogP contribution in [-0.2, 0) is 19.4 Å². The van der Waals surface area contributed by atoms with E-state index >= 15 is 0 Å². The number of amides is 2. The Hall–Kier alpha value is -0.950. The number of carbonyl (C=O) groups excluding carboxylic acids is 2. The number of sulfone groups is 1. The van der Waals surface area contributed by atoms with Crippen molar-refractivity contribution in [1.29, 1.82) is 0 Å². The summed E-state index contributed by atoms with van der Waals surface area (Å²) in [6, 6.07) is -0.0576. The van der Waals surface area contributed by atoms with Crippen molar-refractivity contribution in [2.45, 2.75) is 25.8 Å². The standard InChI is InChI=1S/C11H18N2O4S/c1-2-10(14)13-5-4-12(7-11(13)15)9-3-6-18(16,17)8-9/h9H,2-8H2,1H3/t9-/m1/s1. The summed E-state index contributed by atoms with van der Waals surface area (Å²) in [7, 11) is -2.93. The number of hydrogen-bond acceptors (Lipinski definition) is 5. The van der Waals surface area contributed by atoms with E-state index in [9.17, 15) is 18.0 Å². The van der Waals surface area contributed by atoms with Gasteiger partial charge in [-0.3, -0.25) is 19.4 Å². The highest BCUT2D eigenvalue weighted by Crippen LogP contribution is 2.19. The van der Waals surface area contributed by atoms with E-state index in [1.54, 1.807) is 6.92 Å². The number of hydrogen-bond donors (Lipinski definition) is 0. The Morgan fingerprint density at radius 1 is 1.39 bits per heavy atom. The summed E-state index contributed by atoms with van der Waals surface area (Å²) in [5.74, 6) is -0.0156. The fraction of sp³-hybridized carbons (Fsp3) is 0.818. The molecule has 0 aromatic heterocycles. The number of rotatable bonds is 2. The molecule has 0 aromatic rings. The van der Waals surface area contributed by atoms with Gasteiger partial charge in [0.2, 0.25) is 11.8 Å². The summed E-state index contributed by atoms with van der Waals surface area (Å²) in [6.07, 6.45) is 0.918. The van der Waals surface area contributed by atoms with Crippen LogP contribution in [0.15, 0.2) is 0 Å². The molecule has 0 radical (unpaired) electrons. The van der Waals surface area contributed by atoms with Crippen molar-refractivity contribution in [1.82, 2.24) is 9.80 Å². The molecule has 1 atom stereocenters. The van der Waals surface area contributed by atoms with Crippen LogP contribution in [0.1, 0.15) is 19.8 Å². The third kappa shape index (κ3) is 2.72. The van der Waals surface area contributed by atoms with E-state index in [0.717, 1.165) is 0 Å². The van der Waals surface area contributed by atoms with Crippen LogP contribution in [0.5, 0.6) is 0 Å². The third-order valence-corrected chi connectivity index (χ3v) is 5.33. The Labute approximate surface area is 107 Å². The average molecular weight is 274 g/mol. The fourth-order valence-electron chi connectivity index (χ4n) is 2.52. The molecule has 2 heterocycles. The average Bonchev–Trinajstić information content (AvgIpc) is 2.68. The monoisotopic (exact) mass is 274 g/mol. The van der Waals surface area contributed by atoms with E-state index in [2.05, 4.69) is 0 Å². The molecule has 7 heteroatoms. The molecule has 0 aromatic carbocycles. The van der Waals surface area contributed by atoms with Crippen molar-refractivity contribution in [3.63, 3.8) is 0 Å². The van der Waals surface area contributed by atoms with Gasteiger partial charge in [-0.1, -0.05) is 6.92 Å². The van der Waals surface area contributed by atoms with Crippen molar-refractivity contribution in [2.24, 2.45) is 0 Å². The van der Waals surface area contributed by atoms with Gasteiger partial charge in [0.1, 0.15) is 0 Å². The predicted molar refractivity (Wildman–Crippen MR) is 65.6 cm³/mol. The largest absolute Gasteiger partial charge is 0.289 e. The highest BCUT2D eigenvalue weighted by Gasteiger charge is 2.36. The summed E-state index contributed by atoms with van der Waals surface area (Å²) < 4.78 is 22.8. The minimum atomic E-state index is -2.93. The van der Waals surface area contributed by atoms with Gasteiger partial charge in [0.15, 0.2) is 9.84 Å². The van der Waals surface area contributed by atoms with E-state index < -0.39 is 9.84 Å². The highest BCUT2D eigenvalue weighted by molar-refractivity contribution is 7.91. The molecule has 2 aliphatic heterocycles. The maximum Gasteiger partial charge on any atom is 0.243 e. The molecular formula is C11H18N2O4S. The minimum Gasteiger partial charge on any atom is -0.289 e. The third-order valence-electron chi connectivity index (χ3n) is 3.58. The molecule has 0 aliphatic carbocycles. The first-order valence-corrected chi connectivity index (χ1v) is 8.03. The number of imide groups is 1. The van der Waals surface area contributed by atoms with Gasteiger partial charge in [-0.2, -0.15) is 0 Å². The second kappa shape index (κ2) is 4.97. The summed E-state index contributed by atoms with van der Waals surface area (Å²) in [5.41, 5.74) is 0. The van der Waals surface area contributed by atoms with Crippen LogP contribution in [0.3, 0.4) is 0 Å². The Morgan fingerprint density at radius 2 is 2.11 bits per heavy atom. The summed E-state index contributed by atoms with van der Waals surface area (Å²) in [5, 5.41) is 0. The smallest absolute Gasteiger partial charge is 0.243 e. The first-order valence-electron chi connectivity index (χ1n) is 6.20. The van der Waals surface area contributed by atoms with Gasteiger partial charge in [-0.25, -0.2) is 8.42 Å². The van der Waals surface area contributed by atoms with Gasteiger partial charge < -0.3 is 0 Å². The van der Waals surface area contributed by atoms with Crippen LogP contribution in [-0.4, -0.2) is 67.2 Å². The molecule has 2 aliphatic rings. The highest BCUT2D eigenvalue weighted by atomic mass is 32.2. The second-order valence-corrected chi connectivity index (χ2v) is 7.05. The summed E-state index contributed by atoms with van der Waals surface area (Å²) in [4.78, 5) is 26.5. The Morgan fingerprint density at radius 3 is 2.61 bits per heavy atom. The molecule has 0 saturated carbocycles. The van der Waals surface area contributed by atoms with Crippen LogP contribution in [0.2, 0.25) is 0 Å². The van der Waals surface area contributed by atoms with Gasteiger partial charge in [0.25, 0.3) is 0 Å². The zero-order valence-electron chi connectivity index (χ0n) is 10.5. The van der Waals surface area contributed by atoms with Crippen LogP contribution < -0.4 is 0 Å². The van der Waals surface area contributed by atoms with Crippen LogP contribution in [0, 0.1) is 0 Å². The SMILES string of the molecule is CCC(=O)N1CCN([C@@H]2CCS(=O)(=O)C2)CC1=O. The molecule has 18 heavy (non-hydrogen) atoms. The summed E-state index contributed by atoms with van der Waals surface area (Å²) in [6.45, 7) is 2.84. The van der Waals surface area contributed by atoms with Crippen molar-refractivity contribution in [3.8, 4) is 0 Å². The molecule has 2 fully saturated rings. The molecule has 2 amide bonds. The van der Waals surface area contributed by atoms with E-state index in [4.69, 9.17) is 0 Å². The first-order chi connectivity index (χ1) is 8.43. The van der Waals surface area contributed by atoms with Crippen molar-refractivity contribution >= 4 is 21.7 Å². The second-order valence-electron chi connectivity index (χ2n) is 4.82. The van der Waals surface area contributed by atoms with Crippen LogP contribution in [0.25, 0.3) is 0 Å². The van der Waals surface area contributed by atoms with E-state index in [1.807, 2.05) is 4.90 Å². The maximum atomic E-state index is 11.8. The van der Waals surface area contributed by atoms with Gasteiger partial charge in [0, 0.05) is 25.6 Å². The molecule has 0 spiro atoms. The number of carbonyl (C=O) groups is 2. The van der Waals surface area contributed by atoms with Crippen molar-refractivity contribution in [3.05, 3.63) is 0 Å². The van der Waals surface area contributed by atoms with Gasteiger partial charge in [-0.05, 0) is 6.42 Å². The van der Waals surface area contributed by atoms with E-state index in [0.29, 0.717) is 25.9 Å². The van der Waals surface area contributed by atoms with Gasteiger partial charge >= 0.3 is 0 Å². The number of nitrogens with zero attached hydrogens (tertiary/aromatic N) is 2. The lowest BCUT2D eigenvalue weighted by Crippen LogP contribution is -2.55. The zero-order chi connectivity index (χ0) is 13.3. The molecular weight excluding hydrogens is 256 g/mol. The molecule has 0 N–H and O–H groups in total. The lowest BCUT2D eigenvalue weighted by atomic mass is 10.2. The zero-order valence-corrected chi connectivity index (χ0v) is 11.3. The quantitative estimate of drug-likeness (QED) is 0.662. The molecule has 2 rings (SSSR count). The normalized spacial score (nSPS) is 28.6. The predicted octanol–water partition coefficient (Wildman–Crippen LogP) is -0.746. The maximum absolute atomic E-state index is 11.8. The molecule has 102 valence electrons. The molecule has 6 nitrogen and oxygen atoms in total. The molecule has 0 unspecified atom stereocenters. The Balaban J connectivity index is 1.97. The fourth-order valence-corrected chi connectivity index (χ4v) is 4.28. The van der Waals surface area contributed by atoms with Gasteiger partial charge in [-0.15, -0.1) is 0 Å². The van der Waals surface area contributed by atoms with Crippen molar-refractivity contribution in [2.75, 3.05) is 31.1 Å². The van der Waals surface area contributed by atoms with Crippen LogP contribution >= 0.6 is 0 Å². The van der Waals surface area contributed by atoms with E-state index in [-0.39, 0.29) is 35.9 Å². The molecule has 2 saturated heterocycles. The summed E-state index contributed by atoms with van der Waals surface area (Å²) >= 11 is 0. The molecule has 0 bridgehead atoms. The Kier molecular flexibility index (Phi) is 3.72. The first kappa shape index (κ1) is 13.5. The number of piperazine rings is 1.